The molecule has 1 N–H and O–H groups in total. The zero-order valence-electron chi connectivity index (χ0n) is 22.2. The molecule has 1 saturated heterocycles. The molecule has 0 aliphatic carbocycles. The van der Waals surface area contributed by atoms with Crippen LogP contribution in [0.3, 0.4) is 0 Å². The number of carbonyl (C=O) groups excluding carboxylic acids is 3. The Morgan fingerprint density at radius 3 is 2.58 bits per heavy atom. The van der Waals surface area contributed by atoms with Crippen molar-refractivity contribution in [2.24, 2.45) is 0 Å². The number of nitrogens with zero attached hydrogens (tertiary/aromatic N) is 6. The zero-order chi connectivity index (χ0) is 28.6. The van der Waals surface area contributed by atoms with Crippen LogP contribution < -0.4 is 5.32 Å². The number of hydrogen-bond donors (Lipinski definition) is 1. The van der Waals surface area contributed by atoms with Crippen LogP contribution in [0.4, 0.5) is 10.2 Å². The van der Waals surface area contributed by atoms with Crippen LogP contribution in [0.25, 0.3) is 22.0 Å². The lowest BCUT2D eigenvalue weighted by molar-refractivity contribution is -0.137. The summed E-state index contributed by atoms with van der Waals surface area (Å²) in [7, 11) is 0. The monoisotopic (exact) mass is 607 g/mol. The fourth-order valence-corrected chi connectivity index (χ4v) is 5.22. The molecule has 206 valence electrons. The molecule has 10 nitrogen and oxygen atoms in total. The molecule has 3 aromatic heterocycles. The predicted molar refractivity (Wildman–Crippen MR) is 150 cm³/mol. The number of likely N-dealkylation sites (tertiary alicyclic amines) is 1. The third-order valence-corrected chi connectivity index (χ3v) is 7.54. The van der Waals surface area contributed by atoms with Crippen LogP contribution in [-0.4, -0.2) is 65.5 Å². The van der Waals surface area contributed by atoms with E-state index in [0.717, 1.165) is 11.1 Å². The van der Waals surface area contributed by atoms with Gasteiger partial charge in [-0.3, -0.25) is 19.1 Å². The third kappa shape index (κ3) is 5.48. The van der Waals surface area contributed by atoms with Gasteiger partial charge in [0.1, 0.15) is 40.2 Å². The average Bonchev–Trinajstić information content (AvgIpc) is 3.47. The summed E-state index contributed by atoms with van der Waals surface area (Å²) in [5.41, 5.74) is 0.641. The van der Waals surface area contributed by atoms with E-state index in [4.69, 9.17) is 0 Å². The summed E-state index contributed by atoms with van der Waals surface area (Å²) in [6, 6.07) is 9.44. The highest BCUT2D eigenvalue weighted by Gasteiger charge is 2.48. The highest BCUT2D eigenvalue weighted by Crippen LogP contribution is 2.35. The fourth-order valence-electron chi connectivity index (χ4n) is 4.88. The minimum absolute atomic E-state index is 0.129. The van der Waals surface area contributed by atoms with Gasteiger partial charge in [-0.05, 0) is 59.1 Å². The summed E-state index contributed by atoms with van der Waals surface area (Å²) in [5.74, 6) is -0.332. The van der Waals surface area contributed by atoms with E-state index < -0.39 is 23.5 Å². The van der Waals surface area contributed by atoms with Crippen molar-refractivity contribution in [3.05, 3.63) is 64.9 Å². The number of pyridine rings is 1. The maximum atomic E-state index is 15.5. The highest BCUT2D eigenvalue weighted by molar-refractivity contribution is 9.10. The molecule has 0 radical (unpaired) electrons. The Morgan fingerprint density at radius 2 is 1.90 bits per heavy atom. The number of ketones is 1. The van der Waals surface area contributed by atoms with Gasteiger partial charge in [0, 0.05) is 36.7 Å². The Labute approximate surface area is 238 Å². The first-order chi connectivity index (χ1) is 19.1. The second-order valence-electron chi connectivity index (χ2n) is 9.89. The molecular weight excluding hydrogens is 581 g/mol. The van der Waals surface area contributed by atoms with Crippen molar-refractivity contribution >= 4 is 50.2 Å². The number of amides is 2. The van der Waals surface area contributed by atoms with Crippen LogP contribution in [0.1, 0.15) is 43.0 Å². The van der Waals surface area contributed by atoms with E-state index >= 15 is 4.39 Å². The second-order valence-corrected chi connectivity index (χ2v) is 10.7. The maximum Gasteiger partial charge on any atom is 0.248 e. The van der Waals surface area contributed by atoms with Crippen molar-refractivity contribution < 1.29 is 18.8 Å². The summed E-state index contributed by atoms with van der Waals surface area (Å²) in [4.78, 5) is 53.2. The van der Waals surface area contributed by atoms with Crippen molar-refractivity contribution in [3.63, 3.8) is 0 Å². The summed E-state index contributed by atoms with van der Waals surface area (Å²) >= 11 is 3.26. The predicted octanol–water partition coefficient (Wildman–Crippen LogP) is 4.52. The molecule has 1 fully saturated rings. The molecule has 1 aliphatic heterocycles. The molecule has 2 atom stereocenters. The lowest BCUT2D eigenvalue weighted by atomic mass is 9.99. The number of carbonyl (C=O) groups is 3. The number of fused-ring (bicyclic) bond motifs is 1. The molecule has 4 heterocycles. The van der Waals surface area contributed by atoms with Crippen LogP contribution in [0.2, 0.25) is 0 Å². The molecule has 0 saturated carbocycles. The molecule has 0 spiro atoms. The SMILES string of the molecule is CC[C@@]1(F)C[C@@H](C(=O)Nc2cccc(Br)n2)N(C(=O)Cn2nc(C(C)=O)c3cc(-c4cnc(C)nc4)ccc32)C1. The number of aromatic nitrogens is 5. The quantitative estimate of drug-likeness (QED) is 0.242. The Balaban J connectivity index is 1.44. The molecule has 40 heavy (non-hydrogen) atoms. The molecular formula is C28H27BrFN7O3. The van der Waals surface area contributed by atoms with Gasteiger partial charge in [0.05, 0.1) is 12.1 Å². The fraction of sp³-hybridized carbons (Fsp3) is 0.321. The number of aryl methyl sites for hydroxylation is 1. The topological polar surface area (TPSA) is 123 Å². The Hall–Kier alpha value is -4.06. The van der Waals surface area contributed by atoms with Gasteiger partial charge < -0.3 is 10.2 Å². The molecule has 0 bridgehead atoms. The number of benzene rings is 1. The van der Waals surface area contributed by atoms with E-state index in [1.807, 2.05) is 12.1 Å². The maximum absolute atomic E-state index is 15.5. The minimum atomic E-state index is -1.70. The van der Waals surface area contributed by atoms with Gasteiger partial charge in [-0.25, -0.2) is 19.3 Å². The number of rotatable bonds is 7. The molecule has 0 unspecified atom stereocenters. The first-order valence-electron chi connectivity index (χ1n) is 12.8. The van der Waals surface area contributed by atoms with Gasteiger partial charge >= 0.3 is 0 Å². The van der Waals surface area contributed by atoms with E-state index in [-0.39, 0.29) is 37.4 Å². The first-order valence-corrected chi connectivity index (χ1v) is 13.6. The van der Waals surface area contributed by atoms with Gasteiger partial charge in [-0.15, -0.1) is 0 Å². The van der Waals surface area contributed by atoms with Crippen molar-refractivity contribution in [2.75, 3.05) is 11.9 Å². The Bertz CT molecular complexity index is 1620. The Morgan fingerprint density at radius 1 is 1.15 bits per heavy atom. The van der Waals surface area contributed by atoms with E-state index in [1.54, 1.807) is 50.5 Å². The van der Waals surface area contributed by atoms with Crippen LogP contribution in [-0.2, 0) is 16.1 Å². The zero-order valence-corrected chi connectivity index (χ0v) is 23.8. The van der Waals surface area contributed by atoms with Crippen LogP contribution >= 0.6 is 15.9 Å². The standard InChI is InChI=1S/C28H27BrFN7O3/c1-4-28(30)11-22(27(40)34-24-7-5-6-23(29)33-24)36(15-28)25(39)14-37-21-9-8-18(19-12-31-17(3)32-13-19)10-20(21)26(35-37)16(2)38/h5-10,12-13,22H,4,11,14-15H2,1-3H3,(H,33,34,40)/t22-,28+/m0/s1. The number of nitrogens with one attached hydrogen (secondary N) is 1. The number of alkyl halides is 1. The number of halogens is 2. The molecule has 5 rings (SSSR count). The van der Waals surface area contributed by atoms with Gasteiger partial charge in [-0.2, -0.15) is 5.10 Å². The van der Waals surface area contributed by atoms with Crippen molar-refractivity contribution in [3.8, 4) is 11.1 Å². The number of anilines is 1. The molecule has 4 aromatic rings. The largest absolute Gasteiger partial charge is 0.326 e. The highest BCUT2D eigenvalue weighted by atomic mass is 79.9. The number of Topliss-reactive ketones (excluding diaryl/α,β-unsaturated/α-hetero) is 1. The summed E-state index contributed by atoms with van der Waals surface area (Å²) < 4.78 is 17.5. The summed E-state index contributed by atoms with van der Waals surface area (Å²) in [6.07, 6.45) is 3.42. The van der Waals surface area contributed by atoms with Crippen molar-refractivity contribution in [1.82, 2.24) is 29.6 Å². The van der Waals surface area contributed by atoms with Gasteiger partial charge in [0.25, 0.3) is 0 Å². The van der Waals surface area contributed by atoms with E-state index in [1.165, 1.54) is 16.5 Å². The van der Waals surface area contributed by atoms with Crippen LogP contribution in [0.15, 0.2) is 53.4 Å². The van der Waals surface area contributed by atoms with Gasteiger partial charge in [-0.1, -0.05) is 19.1 Å². The normalized spacial score (nSPS) is 18.7. The van der Waals surface area contributed by atoms with Crippen molar-refractivity contribution in [1.29, 1.82) is 0 Å². The van der Waals surface area contributed by atoms with Crippen LogP contribution in [0.5, 0.6) is 0 Å². The first kappa shape index (κ1) is 27.5. The number of hydrogen-bond acceptors (Lipinski definition) is 7. The third-order valence-electron chi connectivity index (χ3n) is 7.10. The summed E-state index contributed by atoms with van der Waals surface area (Å²) in [5, 5.41) is 7.70. The lowest BCUT2D eigenvalue weighted by Crippen LogP contribution is -2.44. The summed E-state index contributed by atoms with van der Waals surface area (Å²) in [6.45, 7) is 4.40. The van der Waals surface area contributed by atoms with Crippen molar-refractivity contribution in [2.45, 2.75) is 51.9 Å². The van der Waals surface area contributed by atoms with E-state index in [0.29, 0.717) is 27.1 Å². The average molecular weight is 608 g/mol. The molecule has 12 heteroatoms. The van der Waals surface area contributed by atoms with E-state index in [2.05, 4.69) is 41.3 Å². The van der Waals surface area contributed by atoms with Crippen LogP contribution in [0, 0.1) is 6.92 Å². The Kier molecular flexibility index (Phi) is 7.45. The van der Waals surface area contributed by atoms with E-state index in [9.17, 15) is 14.4 Å². The molecule has 1 aliphatic rings. The smallest absolute Gasteiger partial charge is 0.248 e. The second kappa shape index (κ2) is 10.8. The molecule has 2 amide bonds. The van der Waals surface area contributed by atoms with Gasteiger partial charge in [0.2, 0.25) is 11.8 Å². The lowest BCUT2D eigenvalue weighted by Gasteiger charge is -2.24. The minimum Gasteiger partial charge on any atom is -0.326 e. The van der Waals surface area contributed by atoms with Gasteiger partial charge in [0.15, 0.2) is 5.78 Å². The molecule has 1 aromatic carbocycles.